The number of esters is 1. The molecule has 2 amide bonds. The summed E-state index contributed by atoms with van der Waals surface area (Å²) in [7, 11) is 0. The summed E-state index contributed by atoms with van der Waals surface area (Å²) in [5.74, 6) is -1.19. The minimum atomic E-state index is -1.06. The Balaban J connectivity index is 4.56. The molecule has 0 heterocycles. The van der Waals surface area contributed by atoms with Crippen LogP contribution in [0.15, 0.2) is 0 Å². The number of carbonyl (C=O) groups is 4. The molecule has 0 aromatic rings. The van der Waals surface area contributed by atoms with Gasteiger partial charge in [0.15, 0.2) is 0 Å². The van der Waals surface area contributed by atoms with E-state index < -0.39 is 42.0 Å². The maximum atomic E-state index is 13.1. The number of rotatable bonds is 34. The number of carbonyl (C=O) groups excluding carboxylic acids is 3. The molecule has 0 aromatic heterocycles. The van der Waals surface area contributed by atoms with Crippen LogP contribution in [0.1, 0.15) is 195 Å². The van der Waals surface area contributed by atoms with Gasteiger partial charge in [-0.3, -0.25) is 14.4 Å². The molecule has 0 saturated carbocycles. The van der Waals surface area contributed by atoms with Crippen LogP contribution in [0.5, 0.6) is 0 Å². The molecule has 0 aliphatic rings. The minimum Gasteiger partial charge on any atom is -0.481 e. The number of hydrogen-bond acceptors (Lipinski definition) is 6. The molecular weight excluding hydrogens is 608 g/mol. The van der Waals surface area contributed by atoms with Crippen molar-refractivity contribution in [1.82, 2.24) is 5.32 Å². The van der Waals surface area contributed by atoms with Crippen molar-refractivity contribution in [3.05, 3.63) is 0 Å². The lowest BCUT2D eigenvalue weighted by Gasteiger charge is -2.22. The molecule has 48 heavy (non-hydrogen) atoms. The van der Waals surface area contributed by atoms with E-state index in [2.05, 4.69) is 33.0 Å². The number of carboxylic acids is 1. The van der Waals surface area contributed by atoms with E-state index in [4.69, 9.17) is 15.6 Å². The number of ether oxygens (including phenoxy) is 1. The van der Waals surface area contributed by atoms with E-state index in [0.717, 1.165) is 56.8 Å². The molecule has 0 bridgehead atoms. The van der Waals surface area contributed by atoms with Crippen molar-refractivity contribution in [2.24, 2.45) is 17.6 Å². The zero-order valence-electron chi connectivity index (χ0n) is 31.3. The summed E-state index contributed by atoms with van der Waals surface area (Å²) in [4.78, 5) is 48.7. The van der Waals surface area contributed by atoms with Gasteiger partial charge in [0.05, 0.1) is 18.9 Å². The highest BCUT2D eigenvalue weighted by Crippen LogP contribution is 2.18. The van der Waals surface area contributed by atoms with Gasteiger partial charge in [-0.2, -0.15) is 0 Å². The first kappa shape index (κ1) is 45.8. The van der Waals surface area contributed by atoms with Crippen molar-refractivity contribution >= 4 is 23.8 Å². The van der Waals surface area contributed by atoms with E-state index in [9.17, 15) is 24.3 Å². The number of amides is 2. The average Bonchev–Trinajstić information content (AvgIpc) is 2.99. The molecule has 5 N–H and O–H groups in total. The summed E-state index contributed by atoms with van der Waals surface area (Å²) in [6.45, 7) is 9.05. The largest absolute Gasteiger partial charge is 0.481 e. The maximum Gasteiger partial charge on any atom is 0.328 e. The highest BCUT2D eigenvalue weighted by atomic mass is 16.5. The van der Waals surface area contributed by atoms with Gasteiger partial charge in [-0.15, -0.1) is 0 Å². The number of aliphatic hydroxyl groups is 1. The third-order valence-corrected chi connectivity index (χ3v) is 9.01. The fraction of sp³-hybridized carbons (Fsp3) is 0.897. The van der Waals surface area contributed by atoms with Crippen LogP contribution in [-0.4, -0.2) is 52.2 Å². The van der Waals surface area contributed by atoms with Gasteiger partial charge in [0, 0.05) is 6.42 Å². The van der Waals surface area contributed by atoms with Crippen molar-refractivity contribution in [3.8, 4) is 0 Å². The van der Waals surface area contributed by atoms with Crippen molar-refractivity contribution in [3.63, 3.8) is 0 Å². The van der Waals surface area contributed by atoms with E-state index in [1.807, 2.05) is 0 Å². The van der Waals surface area contributed by atoms with Crippen LogP contribution in [0.4, 0.5) is 0 Å². The normalized spacial score (nSPS) is 13.4. The Bertz CT molecular complexity index is 833. The Morgan fingerprint density at radius 2 is 1.00 bits per heavy atom. The lowest BCUT2D eigenvalue weighted by molar-refractivity contribution is -0.155. The molecule has 0 spiro atoms. The Kier molecular flexibility index (Phi) is 29.5. The fourth-order valence-corrected chi connectivity index (χ4v) is 6.10. The predicted molar refractivity (Wildman–Crippen MR) is 194 cm³/mol. The summed E-state index contributed by atoms with van der Waals surface area (Å²) in [6, 6.07) is -1.06. The lowest BCUT2D eigenvalue weighted by Crippen LogP contribution is -2.44. The Hall–Kier alpha value is -2.16. The third kappa shape index (κ3) is 31.1. The van der Waals surface area contributed by atoms with Crippen LogP contribution in [0.25, 0.3) is 0 Å². The lowest BCUT2D eigenvalue weighted by atomic mass is 10.0. The molecule has 0 radical (unpaired) electrons. The first-order valence-corrected chi connectivity index (χ1v) is 19.6. The first-order chi connectivity index (χ1) is 22.9. The van der Waals surface area contributed by atoms with Crippen molar-refractivity contribution in [2.45, 2.75) is 213 Å². The monoisotopic (exact) mass is 683 g/mol. The number of carboxylic acid groups (broad SMARTS) is 1. The van der Waals surface area contributed by atoms with Gasteiger partial charge in [0.2, 0.25) is 11.8 Å². The summed E-state index contributed by atoms with van der Waals surface area (Å²) < 4.78 is 5.66. The average molecular weight is 683 g/mol. The van der Waals surface area contributed by atoms with E-state index in [0.29, 0.717) is 12.8 Å². The first-order valence-electron chi connectivity index (χ1n) is 19.6. The summed E-state index contributed by atoms with van der Waals surface area (Å²) >= 11 is 0. The molecule has 282 valence electrons. The zero-order chi connectivity index (χ0) is 36.0. The van der Waals surface area contributed by atoms with Gasteiger partial charge in [0.1, 0.15) is 12.1 Å². The second-order valence-corrected chi connectivity index (χ2v) is 14.9. The van der Waals surface area contributed by atoms with Crippen LogP contribution < -0.4 is 11.1 Å². The third-order valence-electron chi connectivity index (χ3n) is 9.01. The van der Waals surface area contributed by atoms with E-state index in [1.54, 1.807) is 0 Å². The number of aliphatic carboxylic acids is 1. The van der Waals surface area contributed by atoms with Gasteiger partial charge >= 0.3 is 11.9 Å². The van der Waals surface area contributed by atoms with Gasteiger partial charge in [0.25, 0.3) is 0 Å². The standard InChI is InChI=1S/C39H74N2O7/c1-31(2)23-18-14-10-6-5-7-12-16-20-25-33(42)29-37(44)41-35(27-22-28-38(45)46)39(47)48-34(30-36(40)43)26-21-17-13-9-8-11-15-19-24-32(3)4/h31-35,42H,5-30H2,1-4H3,(H2,40,43)(H,41,44)(H,45,46)/t33-,34-,35-/m0/s1. The van der Waals surface area contributed by atoms with Crippen molar-refractivity contribution in [1.29, 1.82) is 0 Å². The highest BCUT2D eigenvalue weighted by Gasteiger charge is 2.27. The molecule has 0 fully saturated rings. The maximum absolute atomic E-state index is 13.1. The number of unbranched alkanes of at least 4 members (excludes halogenated alkanes) is 15. The Morgan fingerprint density at radius 3 is 1.42 bits per heavy atom. The summed E-state index contributed by atoms with van der Waals surface area (Å²) in [5, 5.41) is 22.2. The predicted octanol–water partition coefficient (Wildman–Crippen LogP) is 8.77. The highest BCUT2D eigenvalue weighted by molar-refractivity contribution is 5.85. The molecule has 0 aromatic carbocycles. The van der Waals surface area contributed by atoms with Gasteiger partial charge in [-0.1, -0.05) is 143 Å². The SMILES string of the molecule is CC(C)CCCCCCCCCCC[C@H](O)CC(=O)N[C@@H](CCCC(=O)O)C(=O)O[C@@H](CCCCCCCCCCC(C)C)CC(N)=O. The molecule has 0 saturated heterocycles. The molecule has 0 aliphatic heterocycles. The Morgan fingerprint density at radius 1 is 0.583 bits per heavy atom. The Labute approximate surface area is 293 Å². The van der Waals surface area contributed by atoms with Crippen molar-refractivity contribution in [2.75, 3.05) is 0 Å². The second-order valence-electron chi connectivity index (χ2n) is 14.9. The van der Waals surface area contributed by atoms with Crippen molar-refractivity contribution < 1.29 is 34.1 Å². The molecule has 9 heteroatoms. The quantitative estimate of drug-likeness (QED) is 0.0390. The van der Waals surface area contributed by atoms with Gasteiger partial charge in [-0.05, 0) is 43.9 Å². The second kappa shape index (κ2) is 30.9. The molecule has 3 atom stereocenters. The van der Waals surface area contributed by atoms with Crippen LogP contribution in [0, 0.1) is 11.8 Å². The van der Waals surface area contributed by atoms with Crippen LogP contribution in [-0.2, 0) is 23.9 Å². The fourth-order valence-electron chi connectivity index (χ4n) is 6.10. The van der Waals surface area contributed by atoms with E-state index in [-0.39, 0.29) is 32.1 Å². The summed E-state index contributed by atoms with van der Waals surface area (Å²) in [5.41, 5.74) is 5.43. The number of nitrogens with one attached hydrogen (secondary N) is 1. The van der Waals surface area contributed by atoms with E-state index in [1.165, 1.54) is 77.0 Å². The molecular formula is C39H74N2O7. The number of primary amides is 1. The number of nitrogens with two attached hydrogens (primary N) is 1. The minimum absolute atomic E-state index is 0.0884. The summed E-state index contributed by atoms with van der Waals surface area (Å²) in [6.07, 6.45) is 21.6. The van der Waals surface area contributed by atoms with Gasteiger partial charge < -0.3 is 26.0 Å². The molecule has 0 aliphatic carbocycles. The van der Waals surface area contributed by atoms with Gasteiger partial charge in [-0.25, -0.2) is 4.79 Å². The van der Waals surface area contributed by atoms with E-state index >= 15 is 0 Å². The number of aliphatic hydroxyl groups excluding tert-OH is 1. The zero-order valence-corrected chi connectivity index (χ0v) is 31.3. The molecule has 9 nitrogen and oxygen atoms in total. The van der Waals surface area contributed by atoms with Crippen LogP contribution in [0.2, 0.25) is 0 Å². The van der Waals surface area contributed by atoms with Crippen LogP contribution >= 0.6 is 0 Å². The molecule has 0 rings (SSSR count). The topological polar surface area (TPSA) is 156 Å². The smallest absolute Gasteiger partial charge is 0.328 e. The molecule has 0 unspecified atom stereocenters. The number of hydrogen-bond donors (Lipinski definition) is 4. The van der Waals surface area contributed by atoms with Crippen LogP contribution in [0.3, 0.4) is 0 Å².